The third-order valence-corrected chi connectivity index (χ3v) is 4.97. The number of aliphatic hydroxyl groups excluding tert-OH is 1. The fourth-order valence-electron chi connectivity index (χ4n) is 3.61. The van der Waals surface area contributed by atoms with Crippen LogP contribution >= 0.6 is 0 Å². The first-order valence-electron chi connectivity index (χ1n) is 9.47. The summed E-state index contributed by atoms with van der Waals surface area (Å²) in [4.78, 5) is 27.0. The largest absolute Gasteiger partial charge is 0.503 e. The fourth-order valence-corrected chi connectivity index (χ4v) is 3.61. The number of Topliss-reactive ketones (excluding diaryl/α,β-unsaturated/α-hetero) is 1. The first-order chi connectivity index (χ1) is 14.0. The molecule has 0 saturated heterocycles. The first-order valence-corrected chi connectivity index (χ1v) is 9.47. The summed E-state index contributed by atoms with van der Waals surface area (Å²) < 4.78 is 16.2. The summed E-state index contributed by atoms with van der Waals surface area (Å²) in [7, 11) is 0. The number of fused-ring (bicyclic) bond motifs is 1. The number of ketones is 1. The molecule has 0 bridgehead atoms. The van der Waals surface area contributed by atoms with E-state index >= 15 is 0 Å². The van der Waals surface area contributed by atoms with Crippen molar-refractivity contribution in [3.63, 3.8) is 0 Å². The Morgan fingerprint density at radius 2 is 1.86 bits per heavy atom. The molecule has 0 spiro atoms. The highest BCUT2D eigenvalue weighted by Crippen LogP contribution is 2.44. The van der Waals surface area contributed by atoms with Gasteiger partial charge in [0.2, 0.25) is 6.79 Å². The lowest BCUT2D eigenvalue weighted by atomic mass is 9.94. The SMILES string of the molecule is CCOc1ccc(C2C(C(=O)CC)=C(O)C(=O)N2c2ccc3c(c2)OCO3)cc1. The molecule has 2 aliphatic heterocycles. The Kier molecular flexibility index (Phi) is 4.88. The Morgan fingerprint density at radius 3 is 2.55 bits per heavy atom. The number of benzene rings is 2. The van der Waals surface area contributed by atoms with Crippen LogP contribution in [0.3, 0.4) is 0 Å². The van der Waals surface area contributed by atoms with Crippen molar-refractivity contribution in [2.24, 2.45) is 0 Å². The molecule has 2 aromatic carbocycles. The van der Waals surface area contributed by atoms with Crippen molar-refractivity contribution >= 4 is 17.4 Å². The van der Waals surface area contributed by atoms with Gasteiger partial charge >= 0.3 is 0 Å². The molecule has 1 atom stereocenters. The number of hydrogen-bond acceptors (Lipinski definition) is 6. The number of hydrogen-bond donors (Lipinski definition) is 1. The molecule has 2 aromatic rings. The molecule has 7 nitrogen and oxygen atoms in total. The first kappa shape index (κ1) is 18.9. The molecule has 0 saturated carbocycles. The van der Waals surface area contributed by atoms with Gasteiger partial charge in [0.25, 0.3) is 5.91 Å². The number of ether oxygens (including phenoxy) is 3. The van der Waals surface area contributed by atoms with Gasteiger partial charge in [0.15, 0.2) is 23.0 Å². The predicted molar refractivity (Wildman–Crippen MR) is 105 cm³/mol. The van der Waals surface area contributed by atoms with Crippen LogP contribution in [0.4, 0.5) is 5.69 Å². The second kappa shape index (κ2) is 7.50. The topological polar surface area (TPSA) is 85.3 Å². The van der Waals surface area contributed by atoms with Gasteiger partial charge in [-0.3, -0.25) is 14.5 Å². The lowest BCUT2D eigenvalue weighted by Crippen LogP contribution is -2.31. The van der Waals surface area contributed by atoms with Crippen LogP contribution in [0.25, 0.3) is 0 Å². The van der Waals surface area contributed by atoms with Crippen molar-refractivity contribution in [1.82, 2.24) is 0 Å². The maximum Gasteiger partial charge on any atom is 0.294 e. The van der Waals surface area contributed by atoms with Crippen molar-refractivity contribution in [2.45, 2.75) is 26.3 Å². The maximum absolute atomic E-state index is 13.0. The van der Waals surface area contributed by atoms with E-state index in [4.69, 9.17) is 14.2 Å². The maximum atomic E-state index is 13.0. The van der Waals surface area contributed by atoms with E-state index < -0.39 is 17.7 Å². The molecule has 1 N–H and O–H groups in total. The second-order valence-corrected chi connectivity index (χ2v) is 6.66. The van der Waals surface area contributed by atoms with Crippen LogP contribution in [0.5, 0.6) is 17.2 Å². The van der Waals surface area contributed by atoms with E-state index in [0.29, 0.717) is 35.1 Å². The molecule has 4 rings (SSSR count). The molecule has 150 valence electrons. The number of amides is 1. The van der Waals surface area contributed by atoms with E-state index in [-0.39, 0.29) is 24.6 Å². The third kappa shape index (κ3) is 3.18. The van der Waals surface area contributed by atoms with Crippen molar-refractivity contribution in [1.29, 1.82) is 0 Å². The van der Waals surface area contributed by atoms with Crippen LogP contribution in [-0.2, 0) is 9.59 Å². The standard InChI is InChI=1S/C22H21NO6/c1-3-16(24)19-20(13-5-8-15(9-6-13)27-4-2)23(22(26)21(19)25)14-7-10-17-18(11-14)29-12-28-17/h5-11,20,25H,3-4,12H2,1-2H3. The highest BCUT2D eigenvalue weighted by Gasteiger charge is 2.44. The van der Waals surface area contributed by atoms with E-state index in [0.717, 1.165) is 0 Å². The van der Waals surface area contributed by atoms with Gasteiger partial charge in [0.05, 0.1) is 18.2 Å². The smallest absolute Gasteiger partial charge is 0.294 e. The quantitative estimate of drug-likeness (QED) is 0.803. The van der Waals surface area contributed by atoms with E-state index in [2.05, 4.69) is 0 Å². The second-order valence-electron chi connectivity index (χ2n) is 6.66. The summed E-state index contributed by atoms with van der Waals surface area (Å²) in [5.41, 5.74) is 1.29. The van der Waals surface area contributed by atoms with Crippen LogP contribution in [0.15, 0.2) is 53.8 Å². The third-order valence-electron chi connectivity index (χ3n) is 4.97. The average Bonchev–Trinajstić information content (AvgIpc) is 3.30. The van der Waals surface area contributed by atoms with Gasteiger partial charge in [0, 0.05) is 18.2 Å². The molecular formula is C22H21NO6. The summed E-state index contributed by atoms with van der Waals surface area (Å²) in [6, 6.07) is 11.5. The van der Waals surface area contributed by atoms with Crippen LogP contribution in [0.2, 0.25) is 0 Å². The van der Waals surface area contributed by atoms with Crippen LogP contribution in [0.1, 0.15) is 31.9 Å². The monoisotopic (exact) mass is 395 g/mol. The van der Waals surface area contributed by atoms with E-state index in [1.165, 1.54) is 4.90 Å². The van der Waals surface area contributed by atoms with E-state index in [1.807, 2.05) is 6.92 Å². The Labute approximate surface area is 168 Å². The van der Waals surface area contributed by atoms with Crippen molar-refractivity contribution in [3.05, 3.63) is 59.4 Å². The summed E-state index contributed by atoms with van der Waals surface area (Å²) in [6.07, 6.45) is 0.176. The van der Waals surface area contributed by atoms with Gasteiger partial charge in [-0.15, -0.1) is 0 Å². The molecule has 0 fully saturated rings. The van der Waals surface area contributed by atoms with Crippen molar-refractivity contribution < 1.29 is 28.9 Å². The summed E-state index contributed by atoms with van der Waals surface area (Å²) in [5.74, 6) is 0.355. The molecule has 29 heavy (non-hydrogen) atoms. The van der Waals surface area contributed by atoms with Crippen LogP contribution in [-0.4, -0.2) is 30.2 Å². The van der Waals surface area contributed by atoms with Gasteiger partial charge in [-0.2, -0.15) is 0 Å². The molecule has 0 aromatic heterocycles. The zero-order chi connectivity index (χ0) is 20.5. The minimum Gasteiger partial charge on any atom is -0.503 e. The number of carbonyl (C=O) groups excluding carboxylic acids is 2. The molecule has 2 aliphatic rings. The minimum atomic E-state index is -0.744. The molecule has 1 unspecified atom stereocenters. The molecule has 0 aliphatic carbocycles. The number of rotatable bonds is 6. The Bertz CT molecular complexity index is 995. The van der Waals surface area contributed by atoms with Gasteiger partial charge in [0.1, 0.15) is 5.75 Å². The lowest BCUT2D eigenvalue weighted by Gasteiger charge is -2.27. The van der Waals surface area contributed by atoms with Crippen molar-refractivity contribution in [2.75, 3.05) is 18.3 Å². The number of carbonyl (C=O) groups is 2. The van der Waals surface area contributed by atoms with E-state index in [9.17, 15) is 14.7 Å². The Balaban J connectivity index is 1.80. The highest BCUT2D eigenvalue weighted by atomic mass is 16.7. The summed E-state index contributed by atoms with van der Waals surface area (Å²) in [6.45, 7) is 4.23. The normalized spacial score (nSPS) is 17.8. The lowest BCUT2D eigenvalue weighted by molar-refractivity contribution is -0.118. The Hall–Kier alpha value is -3.48. The zero-order valence-electron chi connectivity index (χ0n) is 16.2. The zero-order valence-corrected chi connectivity index (χ0v) is 16.2. The van der Waals surface area contributed by atoms with Gasteiger partial charge in [-0.1, -0.05) is 19.1 Å². The average molecular weight is 395 g/mol. The summed E-state index contributed by atoms with van der Waals surface area (Å²) >= 11 is 0. The van der Waals surface area contributed by atoms with Gasteiger partial charge in [-0.05, 0) is 36.8 Å². The molecular weight excluding hydrogens is 374 g/mol. The summed E-state index contributed by atoms with van der Waals surface area (Å²) in [5, 5.41) is 10.5. The molecule has 7 heteroatoms. The van der Waals surface area contributed by atoms with Crippen LogP contribution < -0.4 is 19.1 Å². The number of anilines is 1. The number of aliphatic hydroxyl groups is 1. The molecule has 1 amide bonds. The minimum absolute atomic E-state index is 0.0966. The highest BCUT2D eigenvalue weighted by molar-refractivity contribution is 6.16. The fraction of sp³-hybridized carbons (Fsp3) is 0.273. The number of nitrogens with zero attached hydrogens (tertiary/aromatic N) is 1. The van der Waals surface area contributed by atoms with Crippen molar-refractivity contribution in [3.8, 4) is 17.2 Å². The van der Waals surface area contributed by atoms with E-state index in [1.54, 1.807) is 49.4 Å². The van der Waals surface area contributed by atoms with Crippen LogP contribution in [0, 0.1) is 0 Å². The van der Waals surface area contributed by atoms with Gasteiger partial charge in [-0.25, -0.2) is 0 Å². The Morgan fingerprint density at radius 1 is 1.14 bits per heavy atom. The van der Waals surface area contributed by atoms with Gasteiger partial charge < -0.3 is 19.3 Å². The molecule has 0 radical (unpaired) electrons. The molecule has 2 heterocycles. The predicted octanol–water partition coefficient (Wildman–Crippen LogP) is 3.69.